The third kappa shape index (κ3) is 3.26. The predicted octanol–water partition coefficient (Wildman–Crippen LogP) is 3.41. The summed E-state index contributed by atoms with van der Waals surface area (Å²) >= 11 is 0. The average molecular weight is 249 g/mol. The Hall–Kier alpha value is -1.97. The molecule has 0 aliphatic rings. The van der Waals surface area contributed by atoms with E-state index in [0.717, 1.165) is 16.5 Å². The Labute approximate surface area is 107 Å². The van der Waals surface area contributed by atoms with E-state index in [1.807, 2.05) is 39.0 Å². The number of carbonyl (C=O) groups excluding carboxylic acids is 1. The number of benzene rings is 1. The van der Waals surface area contributed by atoms with E-state index in [1.165, 1.54) is 6.92 Å². The zero-order valence-corrected chi connectivity index (χ0v) is 11.2. The molecule has 0 unspecified atom stereocenters. The van der Waals surface area contributed by atoms with Crippen LogP contribution < -0.4 is 5.73 Å². The van der Waals surface area contributed by atoms with Gasteiger partial charge in [-0.3, -0.25) is 4.79 Å². The molecule has 2 N–H and O–H groups in total. The minimum absolute atomic E-state index is 0.156. The van der Waals surface area contributed by atoms with Gasteiger partial charge in [0.2, 0.25) is 0 Å². The van der Waals surface area contributed by atoms with Crippen molar-refractivity contribution in [3.05, 3.63) is 29.5 Å². The maximum atomic E-state index is 10.7. The van der Waals surface area contributed by atoms with Crippen LogP contribution in [0.15, 0.2) is 22.6 Å². The van der Waals surface area contributed by atoms with E-state index in [1.54, 1.807) is 0 Å². The minimum atomic E-state index is -0.323. The van der Waals surface area contributed by atoms with Crippen molar-refractivity contribution in [1.29, 1.82) is 0 Å². The van der Waals surface area contributed by atoms with Gasteiger partial charge in [0.25, 0.3) is 0 Å². The maximum absolute atomic E-state index is 10.7. The lowest BCUT2D eigenvalue weighted by Crippen LogP contribution is -1.97. The highest BCUT2D eigenvalue weighted by molar-refractivity contribution is 5.84. The molecule has 0 aliphatic heterocycles. The van der Waals surface area contributed by atoms with Gasteiger partial charge in [0.15, 0.2) is 0 Å². The zero-order chi connectivity index (χ0) is 13.7. The van der Waals surface area contributed by atoms with E-state index in [9.17, 15) is 4.79 Å². The van der Waals surface area contributed by atoms with Gasteiger partial charge in [0, 0.05) is 18.0 Å². The van der Waals surface area contributed by atoms with E-state index in [2.05, 4.69) is 0 Å². The molecule has 1 aromatic heterocycles. The predicted molar refractivity (Wildman–Crippen MR) is 72.2 cm³/mol. The fourth-order valence-electron chi connectivity index (χ4n) is 1.65. The lowest BCUT2D eigenvalue weighted by Gasteiger charge is -1.97. The molecule has 98 valence electrons. The van der Waals surface area contributed by atoms with Gasteiger partial charge in [-0.15, -0.1) is 0 Å². The standard InChI is InChI=1S/C12H13NO3.C2H6/c1-7-3-10(13)4-9-5-11(16-12(7)9)6-15-8(2)14;1-2/h3-5H,6,13H2,1-2H3;1-2H3. The normalized spacial score (nSPS) is 9.78. The summed E-state index contributed by atoms with van der Waals surface area (Å²) in [5, 5.41) is 0.930. The number of hydrogen-bond acceptors (Lipinski definition) is 4. The highest BCUT2D eigenvalue weighted by atomic mass is 16.5. The van der Waals surface area contributed by atoms with Crippen molar-refractivity contribution in [3.63, 3.8) is 0 Å². The average Bonchev–Trinajstić information content (AvgIpc) is 2.72. The van der Waals surface area contributed by atoms with E-state index >= 15 is 0 Å². The molecule has 0 amide bonds. The molecular weight excluding hydrogens is 230 g/mol. The Balaban J connectivity index is 0.000000771. The minimum Gasteiger partial charge on any atom is -0.458 e. The summed E-state index contributed by atoms with van der Waals surface area (Å²) < 4.78 is 10.4. The number of aryl methyl sites for hydroxylation is 1. The van der Waals surface area contributed by atoms with Crippen molar-refractivity contribution in [2.24, 2.45) is 0 Å². The van der Waals surface area contributed by atoms with E-state index in [4.69, 9.17) is 14.9 Å². The molecule has 0 saturated heterocycles. The summed E-state index contributed by atoms with van der Waals surface area (Å²) in [6.07, 6.45) is 0. The third-order valence-electron chi connectivity index (χ3n) is 2.29. The van der Waals surface area contributed by atoms with Gasteiger partial charge in [-0.2, -0.15) is 0 Å². The van der Waals surface area contributed by atoms with E-state index < -0.39 is 0 Å². The molecule has 1 aromatic carbocycles. The Morgan fingerprint density at radius 1 is 1.33 bits per heavy atom. The number of ether oxygens (including phenoxy) is 1. The molecular formula is C14H19NO3. The second-order valence-electron chi connectivity index (χ2n) is 3.75. The first-order valence-electron chi connectivity index (χ1n) is 5.98. The largest absolute Gasteiger partial charge is 0.458 e. The molecule has 18 heavy (non-hydrogen) atoms. The summed E-state index contributed by atoms with van der Waals surface area (Å²) in [6, 6.07) is 5.52. The second-order valence-corrected chi connectivity index (χ2v) is 3.75. The highest BCUT2D eigenvalue weighted by Crippen LogP contribution is 2.25. The molecule has 0 fully saturated rings. The molecule has 1 heterocycles. The summed E-state index contributed by atoms with van der Waals surface area (Å²) in [4.78, 5) is 10.7. The Kier molecular flexibility index (Phi) is 4.77. The first kappa shape index (κ1) is 14.1. The van der Waals surface area contributed by atoms with Gasteiger partial charge in [-0.1, -0.05) is 13.8 Å². The monoisotopic (exact) mass is 249 g/mol. The SMILES string of the molecule is CC.CC(=O)OCc1cc2cc(N)cc(C)c2o1. The van der Waals surface area contributed by atoms with Crippen LogP contribution in [0.4, 0.5) is 5.69 Å². The second kappa shape index (κ2) is 6.10. The van der Waals surface area contributed by atoms with Gasteiger partial charge in [-0.25, -0.2) is 0 Å². The van der Waals surface area contributed by atoms with Crippen molar-refractivity contribution in [1.82, 2.24) is 0 Å². The summed E-state index contributed by atoms with van der Waals surface area (Å²) in [6.45, 7) is 7.45. The molecule has 0 aliphatic carbocycles. The topological polar surface area (TPSA) is 65.5 Å². The third-order valence-corrected chi connectivity index (χ3v) is 2.29. The van der Waals surface area contributed by atoms with Crippen molar-refractivity contribution < 1.29 is 13.9 Å². The van der Waals surface area contributed by atoms with Crippen molar-refractivity contribution in [2.75, 3.05) is 5.73 Å². The van der Waals surface area contributed by atoms with Crippen LogP contribution in [0.1, 0.15) is 32.1 Å². The molecule has 2 aromatic rings. The fraction of sp³-hybridized carbons (Fsp3) is 0.357. The Morgan fingerprint density at radius 3 is 2.61 bits per heavy atom. The number of esters is 1. The van der Waals surface area contributed by atoms with E-state index in [-0.39, 0.29) is 12.6 Å². The fourth-order valence-corrected chi connectivity index (χ4v) is 1.65. The van der Waals surface area contributed by atoms with Crippen molar-refractivity contribution >= 4 is 22.6 Å². The van der Waals surface area contributed by atoms with Crippen LogP contribution >= 0.6 is 0 Å². The van der Waals surface area contributed by atoms with Gasteiger partial charge in [-0.05, 0) is 30.7 Å². The van der Waals surface area contributed by atoms with Gasteiger partial charge in [0.1, 0.15) is 18.0 Å². The molecule has 0 atom stereocenters. The number of carbonyl (C=O) groups is 1. The molecule has 0 radical (unpaired) electrons. The number of nitrogen functional groups attached to an aromatic ring is 1. The lowest BCUT2D eigenvalue weighted by molar-refractivity contribution is -0.142. The maximum Gasteiger partial charge on any atom is 0.303 e. The molecule has 0 bridgehead atoms. The zero-order valence-electron chi connectivity index (χ0n) is 11.2. The smallest absolute Gasteiger partial charge is 0.303 e. The van der Waals surface area contributed by atoms with Crippen molar-refractivity contribution in [2.45, 2.75) is 34.3 Å². The molecule has 2 rings (SSSR count). The first-order chi connectivity index (χ1) is 8.56. The number of hydrogen-bond donors (Lipinski definition) is 1. The molecule has 0 saturated carbocycles. The summed E-state index contributed by atoms with van der Waals surface area (Å²) in [7, 11) is 0. The Morgan fingerprint density at radius 2 is 2.00 bits per heavy atom. The van der Waals surface area contributed by atoms with Crippen LogP contribution in [0, 0.1) is 6.92 Å². The summed E-state index contributed by atoms with van der Waals surface area (Å²) in [5.74, 6) is 0.301. The van der Waals surface area contributed by atoms with Gasteiger partial charge < -0.3 is 14.9 Å². The van der Waals surface area contributed by atoms with Crippen LogP contribution in [-0.4, -0.2) is 5.97 Å². The van der Waals surface area contributed by atoms with Gasteiger partial charge in [0.05, 0.1) is 0 Å². The van der Waals surface area contributed by atoms with Crippen LogP contribution in [0.3, 0.4) is 0 Å². The van der Waals surface area contributed by atoms with Gasteiger partial charge >= 0.3 is 5.97 Å². The quantitative estimate of drug-likeness (QED) is 0.654. The van der Waals surface area contributed by atoms with Crippen LogP contribution in [0.2, 0.25) is 0 Å². The number of anilines is 1. The van der Waals surface area contributed by atoms with Crippen LogP contribution in [0.5, 0.6) is 0 Å². The number of nitrogens with two attached hydrogens (primary N) is 1. The van der Waals surface area contributed by atoms with Crippen molar-refractivity contribution in [3.8, 4) is 0 Å². The van der Waals surface area contributed by atoms with Crippen LogP contribution in [-0.2, 0) is 16.1 Å². The number of rotatable bonds is 2. The molecule has 4 heteroatoms. The number of fused-ring (bicyclic) bond motifs is 1. The number of furan rings is 1. The van der Waals surface area contributed by atoms with Crippen LogP contribution in [0.25, 0.3) is 11.0 Å². The molecule has 4 nitrogen and oxygen atoms in total. The highest BCUT2D eigenvalue weighted by Gasteiger charge is 2.08. The molecule has 0 spiro atoms. The summed E-state index contributed by atoms with van der Waals surface area (Å²) in [5.41, 5.74) is 8.19. The Bertz CT molecular complexity index is 543. The first-order valence-corrected chi connectivity index (χ1v) is 5.98. The van der Waals surface area contributed by atoms with E-state index in [0.29, 0.717) is 11.4 Å². The lowest BCUT2D eigenvalue weighted by atomic mass is 10.1.